The van der Waals surface area contributed by atoms with E-state index in [9.17, 15) is 4.79 Å². The largest absolute Gasteiger partial charge is 0.349 e. The molecule has 0 rings (SSSR count). The van der Waals surface area contributed by atoms with E-state index >= 15 is 0 Å². The summed E-state index contributed by atoms with van der Waals surface area (Å²) < 4.78 is 0. The van der Waals surface area contributed by atoms with E-state index in [2.05, 4.69) is 25.3 Å². The lowest BCUT2D eigenvalue weighted by Gasteiger charge is -2.16. The second kappa shape index (κ2) is 4.91. The summed E-state index contributed by atoms with van der Waals surface area (Å²) in [5, 5.41) is 0. The van der Waals surface area contributed by atoms with Gasteiger partial charge in [-0.2, -0.15) is 25.3 Å². The number of rotatable bonds is 3. The molecule has 0 spiro atoms. The third kappa shape index (κ3) is 2.84. The van der Waals surface area contributed by atoms with Gasteiger partial charge in [0.2, 0.25) is 5.91 Å². The highest BCUT2D eigenvalue weighted by Gasteiger charge is 2.15. The minimum Gasteiger partial charge on any atom is -0.349 e. The Morgan fingerprint density at radius 3 is 1.90 bits per heavy atom. The first-order valence-corrected chi connectivity index (χ1v) is 4.32. The van der Waals surface area contributed by atoms with Gasteiger partial charge in [0.25, 0.3) is 0 Å². The summed E-state index contributed by atoms with van der Waals surface area (Å²) in [5.74, 6) is 1.20. The van der Waals surface area contributed by atoms with E-state index in [4.69, 9.17) is 0 Å². The summed E-state index contributed by atoms with van der Waals surface area (Å²) in [6.45, 7) is 0. The molecule has 0 aromatic carbocycles. The van der Waals surface area contributed by atoms with Crippen LogP contribution in [0.2, 0.25) is 0 Å². The van der Waals surface area contributed by atoms with Crippen LogP contribution in [0.3, 0.4) is 0 Å². The van der Waals surface area contributed by atoms with Crippen LogP contribution in [0.5, 0.6) is 0 Å². The number of carbonyl (C=O) groups is 1. The molecule has 0 saturated heterocycles. The summed E-state index contributed by atoms with van der Waals surface area (Å²) in [5.41, 5.74) is 0. The van der Waals surface area contributed by atoms with Crippen molar-refractivity contribution in [3.05, 3.63) is 0 Å². The summed E-state index contributed by atoms with van der Waals surface area (Å²) in [6, 6.07) is 0. The van der Waals surface area contributed by atoms with E-state index < -0.39 is 0 Å². The van der Waals surface area contributed by atoms with Crippen LogP contribution < -0.4 is 0 Å². The van der Waals surface area contributed by atoms with Crippen molar-refractivity contribution in [1.29, 1.82) is 0 Å². The van der Waals surface area contributed by atoms with Gasteiger partial charge in [0, 0.05) is 25.6 Å². The summed E-state index contributed by atoms with van der Waals surface area (Å²) >= 11 is 8.07. The Labute approximate surface area is 72.8 Å². The molecule has 4 heteroatoms. The molecule has 0 heterocycles. The zero-order chi connectivity index (χ0) is 8.15. The molecule has 0 aliphatic rings. The second-order valence-corrected chi connectivity index (χ2v) is 3.03. The van der Waals surface area contributed by atoms with Gasteiger partial charge in [-0.3, -0.25) is 4.79 Å². The Hall–Kier alpha value is 0.170. The smallest absolute Gasteiger partial charge is 0.226 e. The molecular weight excluding hydrogens is 166 g/mol. The summed E-state index contributed by atoms with van der Waals surface area (Å²) in [7, 11) is 3.48. The highest BCUT2D eigenvalue weighted by atomic mass is 32.1. The lowest BCUT2D eigenvalue weighted by Crippen LogP contribution is -2.31. The number of hydrogen-bond donors (Lipinski definition) is 2. The van der Waals surface area contributed by atoms with E-state index in [-0.39, 0.29) is 11.8 Å². The quantitative estimate of drug-likeness (QED) is 0.606. The van der Waals surface area contributed by atoms with Crippen LogP contribution >= 0.6 is 25.3 Å². The van der Waals surface area contributed by atoms with E-state index in [1.165, 1.54) is 0 Å². The maximum atomic E-state index is 11.1. The molecule has 60 valence electrons. The van der Waals surface area contributed by atoms with Crippen LogP contribution in [-0.4, -0.2) is 36.4 Å². The standard InChI is InChI=1S/C6H13NOS2/c1-7(2)6(8)5(3-9)4-10/h5,9-10H,3-4H2,1-2H3. The topological polar surface area (TPSA) is 20.3 Å². The number of hydrogen-bond acceptors (Lipinski definition) is 3. The molecule has 0 aromatic heterocycles. The lowest BCUT2D eigenvalue weighted by molar-refractivity contribution is -0.131. The predicted molar refractivity (Wildman–Crippen MR) is 49.9 cm³/mol. The Morgan fingerprint density at radius 2 is 1.80 bits per heavy atom. The van der Waals surface area contributed by atoms with Crippen LogP contribution in [0.15, 0.2) is 0 Å². The predicted octanol–water partition coefficient (Wildman–Crippen LogP) is 0.550. The van der Waals surface area contributed by atoms with E-state index in [1.807, 2.05) is 0 Å². The zero-order valence-corrected chi connectivity index (χ0v) is 8.03. The molecule has 0 fully saturated rings. The van der Waals surface area contributed by atoms with Crippen molar-refractivity contribution < 1.29 is 4.79 Å². The van der Waals surface area contributed by atoms with Crippen LogP contribution in [0.1, 0.15) is 0 Å². The number of carbonyl (C=O) groups excluding carboxylic acids is 1. The van der Waals surface area contributed by atoms with E-state index in [0.717, 1.165) is 0 Å². The molecular formula is C6H13NOS2. The molecule has 0 unspecified atom stereocenters. The van der Waals surface area contributed by atoms with Crippen LogP contribution in [0.25, 0.3) is 0 Å². The van der Waals surface area contributed by atoms with Gasteiger partial charge in [0.1, 0.15) is 0 Å². The Balaban J connectivity index is 3.89. The molecule has 0 aromatic rings. The molecule has 1 amide bonds. The summed E-state index contributed by atoms with van der Waals surface area (Å²) in [4.78, 5) is 12.7. The molecule has 0 bridgehead atoms. The van der Waals surface area contributed by atoms with Crippen molar-refractivity contribution in [2.75, 3.05) is 25.6 Å². The van der Waals surface area contributed by atoms with Gasteiger partial charge in [-0.15, -0.1) is 0 Å². The first kappa shape index (κ1) is 10.2. The zero-order valence-electron chi connectivity index (χ0n) is 6.24. The maximum Gasteiger partial charge on any atom is 0.226 e. The first-order valence-electron chi connectivity index (χ1n) is 3.06. The first-order chi connectivity index (χ1) is 4.63. The van der Waals surface area contributed by atoms with Crippen LogP contribution in [0, 0.1) is 5.92 Å². The molecule has 0 aliphatic heterocycles. The lowest BCUT2D eigenvalue weighted by atomic mass is 10.2. The van der Waals surface area contributed by atoms with Crippen molar-refractivity contribution in [2.45, 2.75) is 0 Å². The third-order valence-corrected chi connectivity index (χ3v) is 2.11. The fourth-order valence-electron chi connectivity index (χ4n) is 0.579. The van der Waals surface area contributed by atoms with Crippen molar-refractivity contribution >= 4 is 31.2 Å². The maximum absolute atomic E-state index is 11.1. The second-order valence-electron chi connectivity index (χ2n) is 2.29. The monoisotopic (exact) mass is 179 g/mol. The number of amides is 1. The van der Waals surface area contributed by atoms with Crippen LogP contribution in [0.4, 0.5) is 0 Å². The van der Waals surface area contributed by atoms with E-state index in [1.54, 1.807) is 19.0 Å². The Bertz CT molecular complexity index is 112. The number of nitrogens with zero attached hydrogens (tertiary/aromatic N) is 1. The molecule has 2 nitrogen and oxygen atoms in total. The van der Waals surface area contributed by atoms with Gasteiger partial charge >= 0.3 is 0 Å². The van der Waals surface area contributed by atoms with Gasteiger partial charge in [0.05, 0.1) is 5.92 Å². The van der Waals surface area contributed by atoms with Gasteiger partial charge < -0.3 is 4.90 Å². The minimum atomic E-state index is -0.0401. The Morgan fingerprint density at radius 1 is 1.40 bits per heavy atom. The molecule has 0 radical (unpaired) electrons. The van der Waals surface area contributed by atoms with Crippen molar-refractivity contribution in [3.63, 3.8) is 0 Å². The average molecular weight is 179 g/mol. The van der Waals surface area contributed by atoms with Crippen molar-refractivity contribution in [1.82, 2.24) is 4.90 Å². The summed E-state index contributed by atoms with van der Waals surface area (Å²) in [6.07, 6.45) is 0. The van der Waals surface area contributed by atoms with Crippen molar-refractivity contribution in [2.24, 2.45) is 5.92 Å². The molecule has 10 heavy (non-hydrogen) atoms. The highest BCUT2D eigenvalue weighted by Crippen LogP contribution is 2.04. The third-order valence-electron chi connectivity index (χ3n) is 1.23. The molecule has 0 N–H and O–H groups in total. The van der Waals surface area contributed by atoms with Gasteiger partial charge in [-0.25, -0.2) is 0 Å². The van der Waals surface area contributed by atoms with Crippen LogP contribution in [-0.2, 0) is 4.79 Å². The van der Waals surface area contributed by atoms with Crippen molar-refractivity contribution in [3.8, 4) is 0 Å². The highest BCUT2D eigenvalue weighted by molar-refractivity contribution is 7.81. The molecule has 0 aliphatic carbocycles. The fourth-order valence-corrected chi connectivity index (χ4v) is 1.35. The SMILES string of the molecule is CN(C)C(=O)C(CS)CS. The Kier molecular flexibility index (Phi) is 4.99. The average Bonchev–Trinajstić information content (AvgIpc) is 1.90. The van der Waals surface area contributed by atoms with E-state index in [0.29, 0.717) is 11.5 Å². The molecule has 0 atom stereocenters. The molecule has 0 saturated carbocycles. The fraction of sp³-hybridized carbons (Fsp3) is 0.833. The normalized spacial score (nSPS) is 10.1. The number of thiol groups is 2. The van der Waals surface area contributed by atoms with Gasteiger partial charge in [0.15, 0.2) is 0 Å². The van der Waals surface area contributed by atoms with Gasteiger partial charge in [-0.1, -0.05) is 0 Å². The van der Waals surface area contributed by atoms with Gasteiger partial charge in [-0.05, 0) is 0 Å². The minimum absolute atomic E-state index is 0.0401.